The summed E-state index contributed by atoms with van der Waals surface area (Å²) in [4.78, 5) is 14.0. The fourth-order valence-corrected chi connectivity index (χ4v) is 3.45. The Morgan fingerprint density at radius 2 is 2.00 bits per heavy atom. The molecular formula is C11H13Cl2NO2S. The highest BCUT2D eigenvalue weighted by Gasteiger charge is 2.28. The topological polar surface area (TPSA) is 29.5 Å². The normalized spacial score (nSPS) is 25.1. The number of halogens is 2. The highest BCUT2D eigenvalue weighted by atomic mass is 35.5. The fourth-order valence-electron chi connectivity index (χ4n) is 2.00. The third kappa shape index (κ3) is 2.94. The number of carbonyl (C=O) groups excluding carboxylic acids is 1. The van der Waals surface area contributed by atoms with E-state index in [0.717, 1.165) is 0 Å². The lowest BCUT2D eigenvalue weighted by Crippen LogP contribution is -2.48. The molecule has 2 atom stereocenters. The van der Waals surface area contributed by atoms with Crippen LogP contribution in [0.15, 0.2) is 6.07 Å². The van der Waals surface area contributed by atoms with Crippen LogP contribution in [-0.2, 0) is 4.74 Å². The van der Waals surface area contributed by atoms with Crippen molar-refractivity contribution in [1.29, 1.82) is 0 Å². The number of rotatable bonds is 1. The molecule has 1 amide bonds. The van der Waals surface area contributed by atoms with Gasteiger partial charge in [0.15, 0.2) is 0 Å². The molecule has 0 aromatic carbocycles. The average molecular weight is 294 g/mol. The molecule has 3 nitrogen and oxygen atoms in total. The van der Waals surface area contributed by atoms with Crippen molar-refractivity contribution in [3.63, 3.8) is 0 Å². The highest BCUT2D eigenvalue weighted by Crippen LogP contribution is 2.32. The summed E-state index contributed by atoms with van der Waals surface area (Å²) in [6, 6.07) is 1.63. The van der Waals surface area contributed by atoms with Crippen LogP contribution >= 0.6 is 34.5 Å². The predicted molar refractivity (Wildman–Crippen MR) is 70.3 cm³/mol. The summed E-state index contributed by atoms with van der Waals surface area (Å²) < 4.78 is 6.57. The number of thiophene rings is 1. The molecule has 1 aliphatic heterocycles. The van der Waals surface area contributed by atoms with Gasteiger partial charge in [-0.15, -0.1) is 11.3 Å². The van der Waals surface area contributed by atoms with E-state index in [1.54, 1.807) is 11.0 Å². The third-order valence-electron chi connectivity index (χ3n) is 2.59. The van der Waals surface area contributed by atoms with Crippen LogP contribution in [0, 0.1) is 0 Å². The number of hydrogen-bond donors (Lipinski definition) is 0. The highest BCUT2D eigenvalue weighted by molar-refractivity contribution is 7.20. The average Bonchev–Trinajstić information content (AvgIpc) is 2.55. The van der Waals surface area contributed by atoms with Gasteiger partial charge in [-0.3, -0.25) is 4.79 Å². The van der Waals surface area contributed by atoms with Gasteiger partial charge in [-0.25, -0.2) is 0 Å². The largest absolute Gasteiger partial charge is 0.372 e. The molecule has 1 fully saturated rings. The second kappa shape index (κ2) is 5.14. The molecule has 94 valence electrons. The Morgan fingerprint density at radius 3 is 2.47 bits per heavy atom. The van der Waals surface area contributed by atoms with E-state index in [0.29, 0.717) is 27.3 Å². The van der Waals surface area contributed by atoms with Gasteiger partial charge in [0.05, 0.1) is 22.1 Å². The summed E-state index contributed by atoms with van der Waals surface area (Å²) in [6.07, 6.45) is 0.103. The number of hydrogen-bond acceptors (Lipinski definition) is 3. The second-order valence-electron chi connectivity index (χ2n) is 4.21. The van der Waals surface area contributed by atoms with Gasteiger partial charge in [0, 0.05) is 13.1 Å². The van der Waals surface area contributed by atoms with E-state index in [1.165, 1.54) is 11.3 Å². The fraction of sp³-hybridized carbons (Fsp3) is 0.545. The number of amides is 1. The van der Waals surface area contributed by atoms with Crippen molar-refractivity contribution in [3.8, 4) is 0 Å². The Bertz CT molecular complexity index is 425. The number of carbonyl (C=O) groups is 1. The van der Waals surface area contributed by atoms with E-state index in [4.69, 9.17) is 27.9 Å². The molecule has 1 aliphatic rings. The van der Waals surface area contributed by atoms with Crippen molar-refractivity contribution in [1.82, 2.24) is 4.90 Å². The van der Waals surface area contributed by atoms with Crippen LogP contribution in [0.4, 0.5) is 0 Å². The molecule has 0 aliphatic carbocycles. The van der Waals surface area contributed by atoms with Crippen molar-refractivity contribution in [3.05, 3.63) is 20.3 Å². The zero-order valence-electron chi connectivity index (χ0n) is 9.57. The van der Waals surface area contributed by atoms with Gasteiger partial charge in [0.2, 0.25) is 0 Å². The maximum absolute atomic E-state index is 12.3. The molecule has 0 unspecified atom stereocenters. The predicted octanol–water partition coefficient (Wildman–Crippen LogP) is 3.30. The minimum Gasteiger partial charge on any atom is -0.372 e. The molecule has 2 heterocycles. The number of morpholine rings is 1. The lowest BCUT2D eigenvalue weighted by Gasteiger charge is -2.35. The quantitative estimate of drug-likeness (QED) is 0.795. The summed E-state index contributed by atoms with van der Waals surface area (Å²) in [5.41, 5.74) is 0.489. The second-order valence-corrected chi connectivity index (χ2v) is 6.49. The van der Waals surface area contributed by atoms with Crippen LogP contribution < -0.4 is 0 Å². The summed E-state index contributed by atoms with van der Waals surface area (Å²) in [7, 11) is 0. The van der Waals surface area contributed by atoms with E-state index >= 15 is 0 Å². The minimum atomic E-state index is -0.0693. The van der Waals surface area contributed by atoms with Crippen LogP contribution in [0.5, 0.6) is 0 Å². The first-order valence-electron chi connectivity index (χ1n) is 5.37. The zero-order valence-corrected chi connectivity index (χ0v) is 11.9. The van der Waals surface area contributed by atoms with E-state index in [-0.39, 0.29) is 18.1 Å². The first-order valence-corrected chi connectivity index (χ1v) is 6.94. The van der Waals surface area contributed by atoms with Crippen molar-refractivity contribution in [2.24, 2.45) is 0 Å². The van der Waals surface area contributed by atoms with Gasteiger partial charge >= 0.3 is 0 Å². The van der Waals surface area contributed by atoms with Gasteiger partial charge < -0.3 is 9.64 Å². The third-order valence-corrected chi connectivity index (χ3v) is 4.08. The SMILES string of the molecule is C[C@@H]1CN(C(=O)c2cc(Cl)sc2Cl)C[C@H](C)O1. The van der Waals surface area contributed by atoms with Gasteiger partial charge in [0.1, 0.15) is 4.34 Å². The molecule has 6 heteroatoms. The standard InChI is InChI=1S/C11H13Cl2NO2S/c1-6-4-14(5-7(2)16-6)11(15)8-3-9(12)17-10(8)13/h3,6-7H,4-5H2,1-2H3/t6-,7+. The number of nitrogens with zero attached hydrogens (tertiary/aromatic N) is 1. The van der Waals surface area contributed by atoms with Crippen molar-refractivity contribution in [2.75, 3.05) is 13.1 Å². The van der Waals surface area contributed by atoms with Crippen molar-refractivity contribution < 1.29 is 9.53 Å². The molecule has 0 bridgehead atoms. The Hall–Kier alpha value is -0.290. The lowest BCUT2D eigenvalue weighted by molar-refractivity contribution is -0.0586. The number of ether oxygens (including phenoxy) is 1. The van der Waals surface area contributed by atoms with Crippen LogP contribution in [0.1, 0.15) is 24.2 Å². The zero-order chi connectivity index (χ0) is 12.6. The maximum atomic E-state index is 12.3. The van der Waals surface area contributed by atoms with Gasteiger partial charge in [0.25, 0.3) is 5.91 Å². The molecule has 0 spiro atoms. The first-order chi connectivity index (χ1) is 7.97. The van der Waals surface area contributed by atoms with Gasteiger partial charge in [-0.05, 0) is 19.9 Å². The molecule has 1 saturated heterocycles. The maximum Gasteiger partial charge on any atom is 0.256 e. The van der Waals surface area contributed by atoms with E-state index in [1.807, 2.05) is 13.8 Å². The molecule has 17 heavy (non-hydrogen) atoms. The van der Waals surface area contributed by atoms with Crippen LogP contribution in [-0.4, -0.2) is 36.1 Å². The van der Waals surface area contributed by atoms with E-state index in [9.17, 15) is 4.79 Å². The Labute approximate surface area is 114 Å². The smallest absolute Gasteiger partial charge is 0.256 e. The molecule has 2 rings (SSSR count). The Morgan fingerprint density at radius 1 is 1.41 bits per heavy atom. The Kier molecular flexibility index (Phi) is 3.98. The van der Waals surface area contributed by atoms with E-state index in [2.05, 4.69) is 0 Å². The minimum absolute atomic E-state index is 0.0515. The van der Waals surface area contributed by atoms with Gasteiger partial charge in [-0.2, -0.15) is 0 Å². The van der Waals surface area contributed by atoms with Crippen LogP contribution in [0.2, 0.25) is 8.67 Å². The van der Waals surface area contributed by atoms with Crippen molar-refractivity contribution >= 4 is 40.4 Å². The molecule has 0 radical (unpaired) electrons. The summed E-state index contributed by atoms with van der Waals surface area (Å²) in [6.45, 7) is 5.09. The molecule has 0 N–H and O–H groups in total. The summed E-state index contributed by atoms with van der Waals surface area (Å²) >= 11 is 13.0. The van der Waals surface area contributed by atoms with Crippen LogP contribution in [0.3, 0.4) is 0 Å². The summed E-state index contributed by atoms with van der Waals surface area (Å²) in [5, 5.41) is 0. The molecule has 1 aromatic rings. The first kappa shape index (κ1) is 13.1. The molecule has 1 aromatic heterocycles. The summed E-state index contributed by atoms with van der Waals surface area (Å²) in [5.74, 6) is -0.0693. The Balaban J connectivity index is 2.17. The monoisotopic (exact) mass is 293 g/mol. The van der Waals surface area contributed by atoms with E-state index < -0.39 is 0 Å². The molecule has 0 saturated carbocycles. The molecular weight excluding hydrogens is 281 g/mol. The van der Waals surface area contributed by atoms with Crippen molar-refractivity contribution in [2.45, 2.75) is 26.1 Å². The van der Waals surface area contributed by atoms with Crippen LogP contribution in [0.25, 0.3) is 0 Å². The van der Waals surface area contributed by atoms with Gasteiger partial charge in [-0.1, -0.05) is 23.2 Å². The lowest BCUT2D eigenvalue weighted by atomic mass is 10.2.